The van der Waals surface area contributed by atoms with E-state index in [2.05, 4.69) is 0 Å². The summed E-state index contributed by atoms with van der Waals surface area (Å²) in [5.41, 5.74) is 3.60. The molecule has 0 saturated heterocycles. The SMILES string of the molecule is COc1ccc([C@@H]2CC(c3c(O)ccc4c(C)cc(=O)oc34)=Nc3ccccc3S2)cc1OC. The molecule has 1 aromatic heterocycles. The van der Waals surface area contributed by atoms with E-state index in [9.17, 15) is 9.90 Å². The van der Waals surface area contributed by atoms with Crippen molar-refractivity contribution in [2.45, 2.75) is 23.5 Å². The summed E-state index contributed by atoms with van der Waals surface area (Å²) in [5, 5.41) is 11.6. The maximum atomic E-state index is 12.2. The van der Waals surface area contributed by atoms with Crippen LogP contribution in [-0.2, 0) is 0 Å². The van der Waals surface area contributed by atoms with Crippen LogP contribution in [0.2, 0.25) is 0 Å². The van der Waals surface area contributed by atoms with Crippen molar-refractivity contribution >= 4 is 34.1 Å². The molecule has 4 aromatic rings. The number of methoxy groups -OCH3 is 2. The van der Waals surface area contributed by atoms with Crippen LogP contribution in [0.3, 0.4) is 0 Å². The summed E-state index contributed by atoms with van der Waals surface area (Å²) in [6, 6.07) is 18.6. The van der Waals surface area contributed by atoms with Crippen LogP contribution in [0.25, 0.3) is 11.0 Å². The molecule has 0 spiro atoms. The minimum Gasteiger partial charge on any atom is -0.507 e. The Morgan fingerprint density at radius 3 is 2.62 bits per heavy atom. The fourth-order valence-corrected chi connectivity index (χ4v) is 5.48. The largest absolute Gasteiger partial charge is 0.507 e. The van der Waals surface area contributed by atoms with E-state index in [-0.39, 0.29) is 11.0 Å². The topological polar surface area (TPSA) is 81.3 Å². The molecule has 1 atom stereocenters. The van der Waals surface area contributed by atoms with Crippen LogP contribution in [0.15, 0.2) is 79.8 Å². The zero-order valence-electron chi connectivity index (χ0n) is 19.0. The Hall–Kier alpha value is -3.71. The number of aryl methyl sites for hydroxylation is 1. The molecule has 0 fully saturated rings. The van der Waals surface area contributed by atoms with Gasteiger partial charge in [-0.25, -0.2) is 4.79 Å². The molecule has 0 saturated carbocycles. The van der Waals surface area contributed by atoms with E-state index in [1.54, 1.807) is 38.1 Å². The van der Waals surface area contributed by atoms with Gasteiger partial charge in [-0.2, -0.15) is 0 Å². The molecule has 0 unspecified atom stereocenters. The maximum Gasteiger partial charge on any atom is 0.336 e. The van der Waals surface area contributed by atoms with E-state index < -0.39 is 5.63 Å². The number of hydrogen-bond donors (Lipinski definition) is 1. The van der Waals surface area contributed by atoms with Gasteiger partial charge < -0.3 is 19.0 Å². The van der Waals surface area contributed by atoms with E-state index in [0.29, 0.717) is 34.8 Å². The second-order valence-electron chi connectivity index (χ2n) is 8.04. The fraction of sp³-hybridized carbons (Fsp3) is 0.185. The molecule has 0 amide bonds. The lowest BCUT2D eigenvalue weighted by molar-refractivity contribution is 0.354. The number of hydrogen-bond acceptors (Lipinski definition) is 7. The van der Waals surface area contributed by atoms with Gasteiger partial charge in [0, 0.05) is 28.0 Å². The standard InChI is InChI=1S/C27H23NO5S/c1-15-12-25(30)33-27-17(15)9-10-20(29)26(27)19-14-24(34-23-7-5-4-6-18(23)28-19)16-8-11-21(31-2)22(13-16)32-3/h4-13,24,29H,14H2,1-3H3/t24-/m0/s1. The Kier molecular flexibility index (Phi) is 5.79. The summed E-state index contributed by atoms with van der Waals surface area (Å²) < 4.78 is 16.5. The highest BCUT2D eigenvalue weighted by atomic mass is 32.2. The lowest BCUT2D eigenvalue weighted by Crippen LogP contribution is -2.09. The van der Waals surface area contributed by atoms with Crippen LogP contribution < -0.4 is 15.1 Å². The second kappa shape index (κ2) is 8.91. The third-order valence-corrected chi connectivity index (χ3v) is 7.26. The minimum absolute atomic E-state index is 0.0236. The Morgan fingerprint density at radius 2 is 1.82 bits per heavy atom. The average molecular weight is 474 g/mol. The zero-order chi connectivity index (χ0) is 23.8. The average Bonchev–Trinajstić information content (AvgIpc) is 3.02. The molecule has 2 heterocycles. The molecule has 6 nitrogen and oxygen atoms in total. The first-order chi connectivity index (χ1) is 16.5. The number of thioether (sulfide) groups is 1. The summed E-state index contributed by atoms with van der Waals surface area (Å²) in [5.74, 6) is 1.32. The van der Waals surface area contributed by atoms with Crippen molar-refractivity contribution in [2.24, 2.45) is 4.99 Å². The number of aliphatic imine (C=N–C) groups is 1. The first-order valence-corrected chi connectivity index (χ1v) is 11.7. The number of phenols is 1. The summed E-state index contributed by atoms with van der Waals surface area (Å²) in [6.07, 6.45) is 0.499. The van der Waals surface area contributed by atoms with Crippen LogP contribution in [0, 0.1) is 6.92 Å². The predicted octanol–water partition coefficient (Wildman–Crippen LogP) is 6.18. The molecule has 172 valence electrons. The number of nitrogens with zero attached hydrogens (tertiary/aromatic N) is 1. The predicted molar refractivity (Wildman–Crippen MR) is 134 cm³/mol. The minimum atomic E-state index is -0.461. The van der Waals surface area contributed by atoms with E-state index >= 15 is 0 Å². The summed E-state index contributed by atoms with van der Waals surface area (Å²) >= 11 is 1.69. The van der Waals surface area contributed by atoms with Gasteiger partial charge in [0.25, 0.3) is 0 Å². The van der Waals surface area contributed by atoms with Crippen LogP contribution >= 0.6 is 11.8 Å². The van der Waals surface area contributed by atoms with Crippen molar-refractivity contribution in [3.63, 3.8) is 0 Å². The Bertz CT molecular complexity index is 1490. The molecule has 34 heavy (non-hydrogen) atoms. The number of benzene rings is 3. The lowest BCUT2D eigenvalue weighted by atomic mass is 9.97. The number of ether oxygens (including phenoxy) is 2. The third kappa shape index (κ3) is 3.92. The van der Waals surface area contributed by atoms with Gasteiger partial charge in [0.2, 0.25) is 0 Å². The van der Waals surface area contributed by atoms with Crippen LogP contribution in [0.4, 0.5) is 5.69 Å². The summed E-state index contributed by atoms with van der Waals surface area (Å²) in [7, 11) is 3.22. The van der Waals surface area contributed by atoms with Gasteiger partial charge in [-0.15, -0.1) is 11.8 Å². The van der Waals surface area contributed by atoms with Gasteiger partial charge >= 0.3 is 5.63 Å². The van der Waals surface area contributed by atoms with E-state index in [0.717, 1.165) is 27.1 Å². The fourth-order valence-electron chi connectivity index (χ4n) is 4.26. The van der Waals surface area contributed by atoms with Crippen LogP contribution in [-0.4, -0.2) is 25.0 Å². The van der Waals surface area contributed by atoms with Crippen molar-refractivity contribution in [1.29, 1.82) is 0 Å². The van der Waals surface area contributed by atoms with Gasteiger partial charge in [-0.1, -0.05) is 18.2 Å². The van der Waals surface area contributed by atoms with Crippen molar-refractivity contribution in [2.75, 3.05) is 14.2 Å². The van der Waals surface area contributed by atoms with Gasteiger partial charge in [0.1, 0.15) is 5.75 Å². The molecular formula is C27H23NO5S. The van der Waals surface area contributed by atoms with Gasteiger partial charge in [-0.3, -0.25) is 4.99 Å². The molecule has 0 aliphatic carbocycles. The zero-order valence-corrected chi connectivity index (χ0v) is 19.8. The number of phenolic OH excluding ortho intramolecular Hbond substituents is 1. The quantitative estimate of drug-likeness (QED) is 0.356. The molecule has 1 aliphatic heterocycles. The van der Waals surface area contributed by atoms with Crippen molar-refractivity contribution in [1.82, 2.24) is 0 Å². The normalized spacial score (nSPS) is 15.4. The highest BCUT2D eigenvalue weighted by Crippen LogP contribution is 2.48. The van der Waals surface area contributed by atoms with E-state index in [1.165, 1.54) is 6.07 Å². The van der Waals surface area contributed by atoms with Crippen LogP contribution in [0.5, 0.6) is 17.2 Å². The van der Waals surface area contributed by atoms with Crippen molar-refractivity contribution < 1.29 is 19.0 Å². The third-order valence-electron chi connectivity index (χ3n) is 5.93. The number of aromatic hydroxyl groups is 1. The monoisotopic (exact) mass is 473 g/mol. The highest BCUT2D eigenvalue weighted by molar-refractivity contribution is 7.99. The first kappa shape index (κ1) is 22.1. The summed E-state index contributed by atoms with van der Waals surface area (Å²) in [4.78, 5) is 18.2. The van der Waals surface area contributed by atoms with Gasteiger partial charge in [0.15, 0.2) is 17.1 Å². The Balaban J connectivity index is 1.71. The van der Waals surface area contributed by atoms with Crippen LogP contribution in [0.1, 0.15) is 28.4 Å². The number of para-hydroxylation sites is 1. The molecule has 0 bridgehead atoms. The van der Waals surface area contributed by atoms with Crippen molar-refractivity contribution in [3.8, 4) is 17.2 Å². The Labute approximate surface area is 200 Å². The van der Waals surface area contributed by atoms with E-state index in [4.69, 9.17) is 18.9 Å². The summed E-state index contributed by atoms with van der Waals surface area (Å²) in [6.45, 7) is 1.85. The molecule has 1 N–H and O–H groups in total. The molecule has 7 heteroatoms. The molecular weight excluding hydrogens is 450 g/mol. The van der Waals surface area contributed by atoms with Gasteiger partial charge in [0.05, 0.1) is 31.2 Å². The smallest absolute Gasteiger partial charge is 0.336 e. The molecule has 0 radical (unpaired) electrons. The van der Waals surface area contributed by atoms with Gasteiger partial charge in [-0.05, 0) is 54.4 Å². The number of rotatable bonds is 4. The molecule has 3 aromatic carbocycles. The molecule has 5 rings (SSSR count). The highest BCUT2D eigenvalue weighted by Gasteiger charge is 2.27. The maximum absolute atomic E-state index is 12.2. The second-order valence-corrected chi connectivity index (χ2v) is 9.28. The lowest BCUT2D eigenvalue weighted by Gasteiger charge is -2.19. The van der Waals surface area contributed by atoms with E-state index in [1.807, 2.05) is 49.4 Å². The van der Waals surface area contributed by atoms with Crippen molar-refractivity contribution in [3.05, 3.63) is 87.8 Å². The number of fused-ring (bicyclic) bond motifs is 2. The first-order valence-electron chi connectivity index (χ1n) is 10.8. The Morgan fingerprint density at radius 1 is 1.03 bits per heavy atom. The molecule has 1 aliphatic rings.